The third-order valence-corrected chi connectivity index (χ3v) is 5.28. The van der Waals surface area contributed by atoms with Crippen molar-refractivity contribution in [3.63, 3.8) is 0 Å². The van der Waals surface area contributed by atoms with Crippen molar-refractivity contribution in [3.8, 4) is 0 Å². The molecular weight excluding hydrogens is 318 g/mol. The standard InChI is InChI=1S/C14H19N5O3S/c1-23(21,22)19-9-5-2-6-11(19)14(20)15-10-13-17-16-12-7-3-4-8-18(12)13/h3-4,7-8,11H,2,5-6,9-10H2,1H3,(H,15,20)/t11-/m0/s1. The van der Waals surface area contributed by atoms with E-state index in [0.717, 1.165) is 19.1 Å². The number of hydrogen-bond donors (Lipinski definition) is 1. The molecule has 1 atom stereocenters. The van der Waals surface area contributed by atoms with E-state index in [1.807, 2.05) is 24.4 Å². The third-order valence-electron chi connectivity index (χ3n) is 3.99. The smallest absolute Gasteiger partial charge is 0.238 e. The maximum Gasteiger partial charge on any atom is 0.238 e. The van der Waals surface area contributed by atoms with Gasteiger partial charge in [0.15, 0.2) is 11.5 Å². The molecule has 1 amide bonds. The van der Waals surface area contributed by atoms with Crippen LogP contribution in [0.2, 0.25) is 0 Å². The van der Waals surface area contributed by atoms with Gasteiger partial charge in [0.25, 0.3) is 0 Å². The van der Waals surface area contributed by atoms with E-state index >= 15 is 0 Å². The van der Waals surface area contributed by atoms with Gasteiger partial charge in [0.2, 0.25) is 15.9 Å². The zero-order valence-electron chi connectivity index (χ0n) is 12.8. The number of amides is 1. The van der Waals surface area contributed by atoms with Crippen LogP contribution >= 0.6 is 0 Å². The lowest BCUT2D eigenvalue weighted by molar-refractivity contribution is -0.125. The molecule has 2 aromatic heterocycles. The summed E-state index contributed by atoms with van der Waals surface area (Å²) in [6, 6.07) is 4.90. The summed E-state index contributed by atoms with van der Waals surface area (Å²) in [6.45, 7) is 0.600. The first-order valence-electron chi connectivity index (χ1n) is 7.50. The second kappa shape index (κ2) is 6.25. The first-order chi connectivity index (χ1) is 11.0. The number of carbonyl (C=O) groups excluding carboxylic acids is 1. The molecule has 124 valence electrons. The molecule has 1 aliphatic heterocycles. The Balaban J connectivity index is 1.71. The largest absolute Gasteiger partial charge is 0.347 e. The van der Waals surface area contributed by atoms with E-state index in [1.54, 1.807) is 4.40 Å². The molecule has 1 saturated heterocycles. The van der Waals surface area contributed by atoms with Crippen molar-refractivity contribution in [2.75, 3.05) is 12.8 Å². The minimum Gasteiger partial charge on any atom is -0.347 e. The zero-order chi connectivity index (χ0) is 16.4. The monoisotopic (exact) mass is 337 g/mol. The van der Waals surface area contributed by atoms with Gasteiger partial charge >= 0.3 is 0 Å². The van der Waals surface area contributed by atoms with Gasteiger partial charge < -0.3 is 5.32 Å². The Morgan fingerprint density at radius 2 is 2.17 bits per heavy atom. The summed E-state index contributed by atoms with van der Waals surface area (Å²) in [7, 11) is -3.39. The van der Waals surface area contributed by atoms with E-state index in [1.165, 1.54) is 4.31 Å². The summed E-state index contributed by atoms with van der Waals surface area (Å²) in [5, 5.41) is 10.8. The highest BCUT2D eigenvalue weighted by molar-refractivity contribution is 7.88. The number of carbonyl (C=O) groups is 1. The lowest BCUT2D eigenvalue weighted by Crippen LogP contribution is -2.51. The fourth-order valence-electron chi connectivity index (χ4n) is 2.86. The fraction of sp³-hybridized carbons (Fsp3) is 0.500. The third kappa shape index (κ3) is 3.35. The van der Waals surface area contributed by atoms with Crippen molar-refractivity contribution in [3.05, 3.63) is 30.2 Å². The minimum atomic E-state index is -3.39. The van der Waals surface area contributed by atoms with Gasteiger partial charge in [-0.3, -0.25) is 9.20 Å². The number of sulfonamides is 1. The number of hydrogen-bond acceptors (Lipinski definition) is 5. The molecule has 3 heterocycles. The van der Waals surface area contributed by atoms with Crippen molar-refractivity contribution >= 4 is 21.6 Å². The van der Waals surface area contributed by atoms with Crippen LogP contribution in [0.3, 0.4) is 0 Å². The Labute approximate surface area is 134 Å². The first-order valence-corrected chi connectivity index (χ1v) is 9.35. The van der Waals surface area contributed by atoms with Gasteiger partial charge in [0.1, 0.15) is 6.04 Å². The summed E-state index contributed by atoms with van der Waals surface area (Å²) in [5.41, 5.74) is 0.701. The van der Waals surface area contributed by atoms with Gasteiger partial charge in [-0.15, -0.1) is 10.2 Å². The highest BCUT2D eigenvalue weighted by atomic mass is 32.2. The Hall–Kier alpha value is -2.00. The van der Waals surface area contributed by atoms with E-state index in [9.17, 15) is 13.2 Å². The number of nitrogens with one attached hydrogen (secondary N) is 1. The Morgan fingerprint density at radius 3 is 2.96 bits per heavy atom. The molecule has 9 heteroatoms. The number of rotatable bonds is 4. The molecule has 0 aliphatic carbocycles. The van der Waals surface area contributed by atoms with Gasteiger partial charge in [-0.25, -0.2) is 8.42 Å². The summed E-state index contributed by atoms with van der Waals surface area (Å²) in [4.78, 5) is 12.4. The van der Waals surface area contributed by atoms with E-state index in [0.29, 0.717) is 24.4 Å². The summed E-state index contributed by atoms with van der Waals surface area (Å²) < 4.78 is 26.7. The summed E-state index contributed by atoms with van der Waals surface area (Å²) in [5.74, 6) is 0.318. The maximum absolute atomic E-state index is 12.4. The topological polar surface area (TPSA) is 96.7 Å². The molecule has 0 bridgehead atoms. The Morgan fingerprint density at radius 1 is 1.35 bits per heavy atom. The first kappa shape index (κ1) is 15.9. The lowest BCUT2D eigenvalue weighted by Gasteiger charge is -2.32. The molecule has 0 spiro atoms. The van der Waals surface area contributed by atoms with Crippen molar-refractivity contribution in [2.45, 2.75) is 31.8 Å². The molecule has 23 heavy (non-hydrogen) atoms. The predicted molar refractivity (Wildman–Crippen MR) is 84.0 cm³/mol. The van der Waals surface area contributed by atoms with E-state index in [2.05, 4.69) is 15.5 Å². The minimum absolute atomic E-state index is 0.206. The predicted octanol–water partition coefficient (Wildman–Crippen LogP) is 0.160. The van der Waals surface area contributed by atoms with Crippen molar-refractivity contribution in [1.82, 2.24) is 24.2 Å². The average molecular weight is 337 g/mol. The Bertz CT molecular complexity index is 817. The average Bonchev–Trinajstić information content (AvgIpc) is 2.95. The Kier molecular flexibility index (Phi) is 4.31. The number of nitrogens with zero attached hydrogens (tertiary/aromatic N) is 4. The molecule has 1 N–H and O–H groups in total. The van der Waals surface area contributed by atoms with Crippen LogP contribution < -0.4 is 5.32 Å². The van der Waals surface area contributed by atoms with Crippen LogP contribution in [0.4, 0.5) is 0 Å². The van der Waals surface area contributed by atoms with E-state index < -0.39 is 16.1 Å². The quantitative estimate of drug-likeness (QED) is 0.857. The summed E-state index contributed by atoms with van der Waals surface area (Å²) in [6.07, 6.45) is 5.13. The van der Waals surface area contributed by atoms with Crippen LogP contribution in [0.1, 0.15) is 25.1 Å². The van der Waals surface area contributed by atoms with Crippen molar-refractivity contribution in [1.29, 1.82) is 0 Å². The number of pyridine rings is 1. The van der Waals surface area contributed by atoms with Crippen molar-refractivity contribution < 1.29 is 13.2 Å². The molecule has 3 rings (SSSR count). The lowest BCUT2D eigenvalue weighted by atomic mass is 10.0. The number of fused-ring (bicyclic) bond motifs is 1. The molecule has 2 aromatic rings. The maximum atomic E-state index is 12.4. The van der Waals surface area contributed by atoms with Crippen LogP contribution in [0.15, 0.2) is 24.4 Å². The molecule has 0 unspecified atom stereocenters. The van der Waals surface area contributed by atoms with E-state index in [-0.39, 0.29) is 12.5 Å². The second-order valence-electron chi connectivity index (χ2n) is 5.65. The highest BCUT2D eigenvalue weighted by Gasteiger charge is 2.34. The van der Waals surface area contributed by atoms with Crippen LogP contribution in [-0.4, -0.2) is 52.1 Å². The molecular formula is C14H19N5O3S. The van der Waals surface area contributed by atoms with E-state index in [4.69, 9.17) is 0 Å². The van der Waals surface area contributed by atoms with Crippen LogP contribution in [0.5, 0.6) is 0 Å². The molecule has 1 fully saturated rings. The molecule has 0 aromatic carbocycles. The second-order valence-corrected chi connectivity index (χ2v) is 7.58. The van der Waals surface area contributed by atoms with Gasteiger partial charge in [-0.2, -0.15) is 4.31 Å². The van der Waals surface area contributed by atoms with Crippen LogP contribution in [-0.2, 0) is 21.4 Å². The number of piperidine rings is 1. The molecule has 0 radical (unpaired) electrons. The molecule has 1 aliphatic rings. The van der Waals surface area contributed by atoms with Gasteiger partial charge in [-0.05, 0) is 25.0 Å². The van der Waals surface area contributed by atoms with Gasteiger partial charge in [0, 0.05) is 12.7 Å². The highest BCUT2D eigenvalue weighted by Crippen LogP contribution is 2.20. The normalized spacial score (nSPS) is 19.8. The van der Waals surface area contributed by atoms with Crippen LogP contribution in [0, 0.1) is 0 Å². The van der Waals surface area contributed by atoms with Gasteiger partial charge in [0.05, 0.1) is 12.8 Å². The number of aromatic nitrogens is 3. The molecule has 8 nitrogen and oxygen atoms in total. The SMILES string of the molecule is CS(=O)(=O)N1CCCC[C@H]1C(=O)NCc1nnc2ccccn12. The molecule has 0 saturated carbocycles. The van der Waals surface area contributed by atoms with Crippen LogP contribution in [0.25, 0.3) is 5.65 Å². The zero-order valence-corrected chi connectivity index (χ0v) is 13.7. The van der Waals surface area contributed by atoms with Crippen molar-refractivity contribution in [2.24, 2.45) is 0 Å². The summed E-state index contributed by atoms with van der Waals surface area (Å²) >= 11 is 0. The fourth-order valence-corrected chi connectivity index (χ4v) is 3.98. The van der Waals surface area contributed by atoms with Gasteiger partial charge in [-0.1, -0.05) is 12.5 Å².